The Labute approximate surface area is 125 Å². The van der Waals surface area contributed by atoms with Gasteiger partial charge in [0.2, 0.25) is 0 Å². The molecule has 0 saturated carbocycles. The molecular weight excluding hydrogens is 268 g/mol. The van der Waals surface area contributed by atoms with Crippen LogP contribution in [0, 0.1) is 0 Å². The Balaban J connectivity index is 2.09. The van der Waals surface area contributed by atoms with Crippen molar-refractivity contribution in [1.82, 2.24) is 9.78 Å². The lowest BCUT2D eigenvalue weighted by molar-refractivity contribution is 0.199. The predicted molar refractivity (Wildman–Crippen MR) is 87.3 cm³/mol. The van der Waals surface area contributed by atoms with Gasteiger partial charge in [-0.3, -0.25) is 4.68 Å². The summed E-state index contributed by atoms with van der Waals surface area (Å²) in [4.78, 5) is 0. The molecule has 2 aromatic rings. The SMILES string of the molecule is CCC(C)SCC(O)Cc1nn(CC)c2ccccc12. The van der Waals surface area contributed by atoms with Crippen molar-refractivity contribution in [3.8, 4) is 0 Å². The zero-order valence-electron chi connectivity index (χ0n) is 12.5. The zero-order valence-corrected chi connectivity index (χ0v) is 13.4. The van der Waals surface area contributed by atoms with Crippen LogP contribution in [0.3, 0.4) is 0 Å². The van der Waals surface area contributed by atoms with Gasteiger partial charge in [-0.15, -0.1) is 0 Å². The third kappa shape index (κ3) is 3.55. The average molecular weight is 292 g/mol. The lowest BCUT2D eigenvalue weighted by Gasteiger charge is -2.12. The van der Waals surface area contributed by atoms with Gasteiger partial charge in [0.25, 0.3) is 0 Å². The standard InChI is InChI=1S/C16H24N2OS/c1-4-12(3)20-11-13(19)10-15-14-8-6-7-9-16(14)18(5-2)17-15/h6-9,12-13,19H,4-5,10-11H2,1-3H3. The fraction of sp³-hybridized carbons (Fsp3) is 0.562. The van der Waals surface area contributed by atoms with Gasteiger partial charge >= 0.3 is 0 Å². The third-order valence-electron chi connectivity index (χ3n) is 3.61. The Morgan fingerprint density at radius 2 is 2.05 bits per heavy atom. The quantitative estimate of drug-likeness (QED) is 0.849. The number of aromatic nitrogens is 2. The van der Waals surface area contributed by atoms with E-state index in [1.54, 1.807) is 0 Å². The molecule has 0 bridgehead atoms. The minimum absolute atomic E-state index is 0.322. The molecule has 2 rings (SSSR count). The lowest BCUT2D eigenvalue weighted by atomic mass is 10.1. The van der Waals surface area contributed by atoms with Crippen molar-refractivity contribution < 1.29 is 5.11 Å². The molecule has 1 aromatic heterocycles. The fourth-order valence-electron chi connectivity index (χ4n) is 2.26. The van der Waals surface area contributed by atoms with Gasteiger partial charge in [0.15, 0.2) is 0 Å². The Morgan fingerprint density at radius 1 is 1.30 bits per heavy atom. The summed E-state index contributed by atoms with van der Waals surface area (Å²) in [5.74, 6) is 0.780. The molecule has 4 heteroatoms. The molecule has 0 aliphatic carbocycles. The molecule has 0 fully saturated rings. The highest BCUT2D eigenvalue weighted by Gasteiger charge is 2.14. The van der Waals surface area contributed by atoms with Crippen molar-refractivity contribution in [2.24, 2.45) is 0 Å². The molecule has 0 aliphatic rings. The van der Waals surface area contributed by atoms with Gasteiger partial charge in [-0.05, 0) is 19.4 Å². The van der Waals surface area contributed by atoms with Gasteiger partial charge in [0, 0.05) is 29.4 Å². The summed E-state index contributed by atoms with van der Waals surface area (Å²) >= 11 is 1.84. The van der Waals surface area contributed by atoms with Crippen molar-refractivity contribution in [3.05, 3.63) is 30.0 Å². The van der Waals surface area contributed by atoms with Crippen LogP contribution >= 0.6 is 11.8 Å². The van der Waals surface area contributed by atoms with Crippen molar-refractivity contribution >= 4 is 22.7 Å². The van der Waals surface area contributed by atoms with E-state index in [-0.39, 0.29) is 6.10 Å². The number of rotatable bonds is 7. The number of nitrogens with zero attached hydrogens (tertiary/aromatic N) is 2. The first kappa shape index (κ1) is 15.4. The summed E-state index contributed by atoms with van der Waals surface area (Å²) in [6.45, 7) is 7.34. The number of aliphatic hydroxyl groups excluding tert-OH is 1. The Kier molecular flexibility index (Phi) is 5.49. The summed E-state index contributed by atoms with van der Waals surface area (Å²) in [6, 6.07) is 8.26. The molecule has 0 amide bonds. The Bertz CT molecular complexity index is 552. The second-order valence-electron chi connectivity index (χ2n) is 5.19. The van der Waals surface area contributed by atoms with Crippen molar-refractivity contribution in [3.63, 3.8) is 0 Å². The molecule has 0 aliphatic heterocycles. The molecule has 0 saturated heterocycles. The van der Waals surface area contributed by atoms with E-state index in [4.69, 9.17) is 0 Å². The molecule has 0 spiro atoms. The molecule has 1 N–H and O–H groups in total. The number of aliphatic hydroxyl groups is 1. The second kappa shape index (κ2) is 7.14. The van der Waals surface area contributed by atoms with E-state index in [0.29, 0.717) is 11.7 Å². The first-order chi connectivity index (χ1) is 9.65. The van der Waals surface area contributed by atoms with Gasteiger partial charge in [-0.25, -0.2) is 0 Å². The maximum Gasteiger partial charge on any atom is 0.0729 e. The van der Waals surface area contributed by atoms with E-state index in [1.807, 2.05) is 28.6 Å². The first-order valence-corrected chi connectivity index (χ1v) is 8.44. The molecule has 2 unspecified atom stereocenters. The largest absolute Gasteiger partial charge is 0.392 e. The average Bonchev–Trinajstić information content (AvgIpc) is 2.83. The van der Waals surface area contributed by atoms with Crippen LogP contribution in [0.25, 0.3) is 10.9 Å². The summed E-state index contributed by atoms with van der Waals surface area (Å²) in [5.41, 5.74) is 2.17. The van der Waals surface area contributed by atoms with Crippen LogP contribution in [-0.2, 0) is 13.0 Å². The monoisotopic (exact) mass is 292 g/mol. The van der Waals surface area contributed by atoms with E-state index < -0.39 is 0 Å². The summed E-state index contributed by atoms with van der Waals surface area (Å²) in [7, 11) is 0. The van der Waals surface area contributed by atoms with Gasteiger partial charge in [0.05, 0.1) is 17.3 Å². The van der Waals surface area contributed by atoms with Crippen LogP contribution < -0.4 is 0 Å². The minimum atomic E-state index is -0.322. The van der Waals surface area contributed by atoms with Crippen LogP contribution in [0.1, 0.15) is 32.9 Å². The topological polar surface area (TPSA) is 38.1 Å². The summed E-state index contributed by atoms with van der Waals surface area (Å²) in [5, 5.41) is 16.6. The normalized spacial score (nSPS) is 14.6. The zero-order chi connectivity index (χ0) is 14.5. The maximum atomic E-state index is 10.2. The molecule has 1 aromatic carbocycles. The van der Waals surface area contributed by atoms with Gasteiger partial charge in [0.1, 0.15) is 0 Å². The van der Waals surface area contributed by atoms with Crippen LogP contribution in [0.4, 0.5) is 0 Å². The first-order valence-electron chi connectivity index (χ1n) is 7.39. The lowest BCUT2D eigenvalue weighted by Crippen LogP contribution is -2.16. The second-order valence-corrected chi connectivity index (χ2v) is 6.66. The summed E-state index contributed by atoms with van der Waals surface area (Å²) in [6.07, 6.45) is 1.46. The molecule has 2 atom stereocenters. The molecule has 110 valence electrons. The van der Waals surface area contributed by atoms with E-state index >= 15 is 0 Å². The van der Waals surface area contributed by atoms with Crippen LogP contribution in [0.15, 0.2) is 24.3 Å². The van der Waals surface area contributed by atoms with Crippen molar-refractivity contribution in [2.45, 2.75) is 51.5 Å². The number of fused-ring (bicyclic) bond motifs is 1. The Morgan fingerprint density at radius 3 is 2.75 bits per heavy atom. The van der Waals surface area contributed by atoms with Crippen LogP contribution in [0.5, 0.6) is 0 Å². The number of hydrogen-bond acceptors (Lipinski definition) is 3. The van der Waals surface area contributed by atoms with Crippen molar-refractivity contribution in [2.75, 3.05) is 5.75 Å². The van der Waals surface area contributed by atoms with Gasteiger partial charge < -0.3 is 5.11 Å². The van der Waals surface area contributed by atoms with Crippen LogP contribution in [-0.4, -0.2) is 32.0 Å². The van der Waals surface area contributed by atoms with E-state index in [9.17, 15) is 5.11 Å². The van der Waals surface area contributed by atoms with E-state index in [1.165, 1.54) is 5.39 Å². The molecule has 1 heterocycles. The smallest absolute Gasteiger partial charge is 0.0729 e. The highest BCUT2D eigenvalue weighted by molar-refractivity contribution is 7.99. The summed E-state index contributed by atoms with van der Waals surface area (Å²) < 4.78 is 2.01. The Hall–Kier alpha value is -1.00. The number of benzene rings is 1. The number of thioether (sulfide) groups is 1. The molecular formula is C16H24N2OS. The highest BCUT2D eigenvalue weighted by Crippen LogP contribution is 2.21. The van der Waals surface area contributed by atoms with Crippen molar-refractivity contribution in [1.29, 1.82) is 0 Å². The predicted octanol–water partition coefficient (Wildman–Crippen LogP) is 3.49. The van der Waals surface area contributed by atoms with Gasteiger partial charge in [-0.2, -0.15) is 16.9 Å². The maximum absolute atomic E-state index is 10.2. The molecule has 20 heavy (non-hydrogen) atoms. The number of aryl methyl sites for hydroxylation is 1. The molecule has 0 radical (unpaired) electrons. The molecule has 3 nitrogen and oxygen atoms in total. The number of para-hydroxylation sites is 1. The number of hydrogen-bond donors (Lipinski definition) is 1. The highest BCUT2D eigenvalue weighted by atomic mass is 32.2. The third-order valence-corrected chi connectivity index (χ3v) is 5.09. The van der Waals surface area contributed by atoms with E-state index in [0.717, 1.165) is 29.9 Å². The van der Waals surface area contributed by atoms with E-state index in [2.05, 4.69) is 38.0 Å². The van der Waals surface area contributed by atoms with Crippen LogP contribution in [0.2, 0.25) is 0 Å². The fourth-order valence-corrected chi connectivity index (χ4v) is 3.17. The minimum Gasteiger partial charge on any atom is -0.392 e. The van der Waals surface area contributed by atoms with Gasteiger partial charge in [-0.1, -0.05) is 32.0 Å².